The Bertz CT molecular complexity index is 1590. The van der Waals surface area contributed by atoms with E-state index in [4.69, 9.17) is 42.6 Å². The Morgan fingerprint density at radius 1 is 0.782 bits per heavy atom. The van der Waals surface area contributed by atoms with Crippen molar-refractivity contribution in [2.24, 2.45) is 0 Å². The largest absolute Gasteiger partial charge is 0.504 e. The summed E-state index contributed by atoms with van der Waals surface area (Å²) >= 11 is 0. The van der Waals surface area contributed by atoms with Gasteiger partial charge in [-0.05, 0) is 54.8 Å². The molecule has 3 heterocycles. The molecule has 14 atom stereocenters. The molecule has 0 amide bonds. The van der Waals surface area contributed by atoms with Gasteiger partial charge in [-0.15, -0.1) is 0 Å². The van der Waals surface area contributed by atoms with Crippen molar-refractivity contribution in [1.29, 1.82) is 0 Å². The molecule has 0 aliphatic carbocycles. The third-order valence-electron chi connectivity index (χ3n) is 9.40. The van der Waals surface area contributed by atoms with Gasteiger partial charge >= 0.3 is 5.97 Å². The minimum Gasteiger partial charge on any atom is -0.504 e. The lowest BCUT2D eigenvalue weighted by Gasteiger charge is -2.48. The number of aliphatic hydroxyl groups is 7. The van der Waals surface area contributed by atoms with Crippen LogP contribution in [0.3, 0.4) is 0 Å². The van der Waals surface area contributed by atoms with Gasteiger partial charge in [0.05, 0.1) is 40.1 Å². The van der Waals surface area contributed by atoms with Crippen LogP contribution >= 0.6 is 0 Å². The highest BCUT2D eigenvalue weighted by atomic mass is 16.8. The molecule has 5 rings (SSSR count). The van der Waals surface area contributed by atoms with E-state index in [1.54, 1.807) is 12.1 Å². The third-order valence-corrected chi connectivity index (χ3v) is 9.40. The lowest BCUT2D eigenvalue weighted by molar-refractivity contribution is -0.381. The lowest BCUT2D eigenvalue weighted by atomic mass is 9.96. The van der Waals surface area contributed by atoms with Crippen LogP contribution in [0.15, 0.2) is 42.5 Å². The van der Waals surface area contributed by atoms with Gasteiger partial charge in [0.25, 0.3) is 0 Å². The zero-order valence-electron chi connectivity index (χ0n) is 30.1. The minimum absolute atomic E-state index is 0.0830. The summed E-state index contributed by atoms with van der Waals surface area (Å²) in [6, 6.07) is 9.03. The fourth-order valence-corrected chi connectivity index (χ4v) is 6.26. The van der Waals surface area contributed by atoms with Gasteiger partial charge in [-0.3, -0.25) is 0 Å². The molecule has 0 saturated carbocycles. The van der Waals surface area contributed by atoms with Gasteiger partial charge in [-0.25, -0.2) is 4.79 Å². The van der Waals surface area contributed by atoms with E-state index in [1.165, 1.54) is 51.5 Å². The molecule has 19 nitrogen and oxygen atoms in total. The summed E-state index contributed by atoms with van der Waals surface area (Å²) in [5.74, 6) is -0.805. The fourth-order valence-electron chi connectivity index (χ4n) is 6.26. The number of aromatic hydroxyl groups is 2. The molecule has 0 spiro atoms. The average molecular weight is 785 g/mol. The van der Waals surface area contributed by atoms with Crippen LogP contribution < -0.4 is 9.47 Å². The second-order valence-corrected chi connectivity index (χ2v) is 13.2. The molecular weight excluding hydrogens is 736 g/mol. The van der Waals surface area contributed by atoms with Crippen molar-refractivity contribution in [3.63, 3.8) is 0 Å². The van der Waals surface area contributed by atoms with Gasteiger partial charge in [-0.2, -0.15) is 0 Å². The zero-order chi connectivity index (χ0) is 40.0. The number of ether oxygens (including phenoxy) is 9. The topological polar surface area (TPSA) is 282 Å². The number of carbonyl (C=O) groups is 1. The summed E-state index contributed by atoms with van der Waals surface area (Å²) in [4.78, 5) is 13.2. The Hall–Kier alpha value is -3.67. The number of carbonyl (C=O) groups excluding carboxylic acids is 1. The number of esters is 1. The number of phenols is 2. The van der Waals surface area contributed by atoms with E-state index in [9.17, 15) is 50.8 Å². The molecule has 306 valence electrons. The lowest BCUT2D eigenvalue weighted by Crippen LogP contribution is -2.66. The van der Waals surface area contributed by atoms with E-state index in [0.29, 0.717) is 11.1 Å². The number of phenolic OH excluding ortho intramolecular Hbond substituents is 2. The van der Waals surface area contributed by atoms with Crippen molar-refractivity contribution < 1.29 is 93.4 Å². The fraction of sp³-hybridized carbons (Fsp3) is 0.583. The van der Waals surface area contributed by atoms with E-state index in [-0.39, 0.29) is 36.0 Å². The molecule has 9 N–H and O–H groups in total. The van der Waals surface area contributed by atoms with Crippen molar-refractivity contribution in [3.8, 4) is 23.0 Å². The molecule has 3 aliphatic rings. The molecule has 19 heteroatoms. The molecule has 0 unspecified atom stereocenters. The Morgan fingerprint density at radius 2 is 1.51 bits per heavy atom. The van der Waals surface area contributed by atoms with Crippen LogP contribution in [0.5, 0.6) is 23.0 Å². The molecule has 2 aromatic carbocycles. The number of hydrogen-bond acceptors (Lipinski definition) is 19. The molecule has 55 heavy (non-hydrogen) atoms. The van der Waals surface area contributed by atoms with E-state index in [0.717, 1.165) is 6.08 Å². The van der Waals surface area contributed by atoms with Crippen molar-refractivity contribution in [1.82, 2.24) is 0 Å². The first kappa shape index (κ1) is 42.5. The first-order valence-corrected chi connectivity index (χ1v) is 17.4. The summed E-state index contributed by atoms with van der Waals surface area (Å²) in [5, 5.41) is 94.5. The molecule has 3 saturated heterocycles. The molecule has 0 radical (unpaired) electrons. The summed E-state index contributed by atoms with van der Waals surface area (Å²) in [6.07, 6.45) is -19.7. The summed E-state index contributed by atoms with van der Waals surface area (Å²) in [7, 11) is 2.76. The Kier molecular flexibility index (Phi) is 14.7. The van der Waals surface area contributed by atoms with Crippen molar-refractivity contribution in [3.05, 3.63) is 53.6 Å². The van der Waals surface area contributed by atoms with E-state index < -0.39 is 105 Å². The average Bonchev–Trinajstić information content (AvgIpc) is 3.17. The van der Waals surface area contributed by atoms with Crippen LogP contribution in [0.25, 0.3) is 6.08 Å². The highest BCUT2D eigenvalue weighted by Crippen LogP contribution is 2.34. The monoisotopic (exact) mass is 784 g/mol. The van der Waals surface area contributed by atoms with E-state index in [1.807, 2.05) is 0 Å². The molecule has 3 aliphatic heterocycles. The highest BCUT2D eigenvalue weighted by Gasteiger charge is 2.54. The molecule has 0 aromatic heterocycles. The molecular formula is C36H48O19. The standard InChI is InChI=1S/C36H48O19/c1-16-26(42)28(44)33(55-34-29(45)27(43)21(40)15-50-34)36(51-16)54-32-30(46)35(49-11-10-18-5-8-22(47-2)20(39)12-18)52-24(14-37)31(32)53-25(41)9-6-17-4-7-19(38)23(13-17)48-3/h4-9,12-13,16,21,24,26-40,42-46H,10-11,14-15H2,1-3H3/b9-6+/t16-,21+,24-,26-,27+,28-,29-,30-,31-,32-,33-,34+,35+,36-/m1/s1. The van der Waals surface area contributed by atoms with Crippen LogP contribution in [0.1, 0.15) is 18.1 Å². The first-order valence-electron chi connectivity index (χ1n) is 17.4. The highest BCUT2D eigenvalue weighted by molar-refractivity contribution is 5.87. The van der Waals surface area contributed by atoms with Crippen molar-refractivity contribution in [2.45, 2.75) is 99.4 Å². The van der Waals surface area contributed by atoms with Crippen LogP contribution in [0, 0.1) is 0 Å². The van der Waals surface area contributed by atoms with Crippen LogP contribution in [-0.4, -0.2) is 172 Å². The maximum atomic E-state index is 13.2. The number of methoxy groups -OCH3 is 2. The third kappa shape index (κ3) is 10.0. The Morgan fingerprint density at radius 3 is 2.20 bits per heavy atom. The van der Waals surface area contributed by atoms with Gasteiger partial charge in [-0.1, -0.05) is 12.1 Å². The maximum absolute atomic E-state index is 13.2. The second-order valence-electron chi connectivity index (χ2n) is 13.2. The quantitative estimate of drug-likeness (QED) is 0.0744. The van der Waals surface area contributed by atoms with Crippen LogP contribution in [0.4, 0.5) is 0 Å². The number of aliphatic hydroxyl groups excluding tert-OH is 7. The molecule has 2 aromatic rings. The van der Waals surface area contributed by atoms with Crippen LogP contribution in [0.2, 0.25) is 0 Å². The number of hydrogen-bond donors (Lipinski definition) is 9. The number of benzene rings is 2. The first-order chi connectivity index (χ1) is 26.3. The van der Waals surface area contributed by atoms with E-state index >= 15 is 0 Å². The summed E-state index contributed by atoms with van der Waals surface area (Å²) < 4.78 is 50.6. The van der Waals surface area contributed by atoms with Gasteiger partial charge < -0.3 is 88.6 Å². The normalized spacial score (nSPS) is 35.4. The molecule has 3 fully saturated rings. The maximum Gasteiger partial charge on any atom is 0.331 e. The summed E-state index contributed by atoms with van der Waals surface area (Å²) in [5.41, 5.74) is 1.08. The van der Waals surface area contributed by atoms with Gasteiger partial charge in [0.2, 0.25) is 0 Å². The van der Waals surface area contributed by atoms with Gasteiger partial charge in [0.1, 0.15) is 54.9 Å². The predicted molar refractivity (Wildman–Crippen MR) is 183 cm³/mol. The van der Waals surface area contributed by atoms with Crippen molar-refractivity contribution in [2.75, 3.05) is 34.0 Å². The SMILES string of the molecule is COc1ccc(CCO[C@H]2O[C@H](CO)[C@@H](OC(=O)/C=C/c3ccc(O)c(OC)c3)[C@H](O[C@H]3O[C@H](C)[C@@H](O)[C@@H](O)[C@H]3O[C@@H]3OC[C@H](O)[C@H](O)[C@H]3O)[C@H]2O)cc1O. The summed E-state index contributed by atoms with van der Waals surface area (Å²) in [6.45, 7) is 0.0972. The smallest absolute Gasteiger partial charge is 0.331 e. The second kappa shape index (κ2) is 19.0. The van der Waals surface area contributed by atoms with Crippen LogP contribution in [-0.2, 0) is 44.4 Å². The zero-order valence-corrected chi connectivity index (χ0v) is 30.1. The van der Waals surface area contributed by atoms with Crippen molar-refractivity contribution >= 4 is 12.0 Å². The Labute approximate surface area is 315 Å². The van der Waals surface area contributed by atoms with E-state index in [2.05, 4.69) is 0 Å². The molecule has 0 bridgehead atoms. The van der Waals surface area contributed by atoms with Gasteiger partial charge in [0, 0.05) is 6.08 Å². The minimum atomic E-state index is -1.81. The van der Waals surface area contributed by atoms with Gasteiger partial charge in [0.15, 0.2) is 48.0 Å². The Balaban J connectivity index is 1.40. The predicted octanol–water partition coefficient (Wildman–Crippen LogP) is -1.95. The number of rotatable bonds is 14.